The normalized spacial score (nSPS) is 21.5. The molecular formula is C14H23NO4. The highest BCUT2D eigenvalue weighted by Crippen LogP contribution is 2.24. The van der Waals surface area contributed by atoms with Crippen molar-refractivity contribution < 1.29 is 18.6 Å². The highest BCUT2D eigenvalue weighted by molar-refractivity contribution is 5.12. The van der Waals surface area contributed by atoms with E-state index in [1.807, 2.05) is 12.1 Å². The number of rotatable bonds is 7. The van der Waals surface area contributed by atoms with Crippen LogP contribution in [0, 0.1) is 0 Å². The summed E-state index contributed by atoms with van der Waals surface area (Å²) in [5, 5.41) is 3.47. The van der Waals surface area contributed by atoms with E-state index in [1.165, 1.54) is 0 Å². The third-order valence-corrected chi connectivity index (χ3v) is 3.10. The standard InChI is InChI=1S/C14H23NO4/c1-3-6-15-14(13-10-17-7-8-18-13)12-5-4-11(19-12)9-16-2/h4-5,13-15H,3,6-10H2,1-2H3. The average molecular weight is 269 g/mol. The van der Waals surface area contributed by atoms with Crippen LogP contribution in [0.15, 0.2) is 16.5 Å². The van der Waals surface area contributed by atoms with Gasteiger partial charge in [-0.25, -0.2) is 0 Å². The maximum atomic E-state index is 5.81. The van der Waals surface area contributed by atoms with Crippen LogP contribution in [0.1, 0.15) is 30.9 Å². The fraction of sp³-hybridized carbons (Fsp3) is 0.714. The van der Waals surface area contributed by atoms with Gasteiger partial charge in [0, 0.05) is 7.11 Å². The van der Waals surface area contributed by atoms with E-state index in [4.69, 9.17) is 18.6 Å². The molecule has 1 aromatic heterocycles. The molecule has 0 amide bonds. The minimum Gasteiger partial charge on any atom is -0.462 e. The lowest BCUT2D eigenvalue weighted by molar-refractivity contribution is -0.104. The molecular weight excluding hydrogens is 246 g/mol. The Bertz CT molecular complexity index is 360. The summed E-state index contributed by atoms with van der Waals surface area (Å²) >= 11 is 0. The van der Waals surface area contributed by atoms with Gasteiger partial charge < -0.3 is 23.9 Å². The molecule has 19 heavy (non-hydrogen) atoms. The first-order valence-electron chi connectivity index (χ1n) is 6.85. The number of ether oxygens (including phenoxy) is 3. The number of hydrogen-bond acceptors (Lipinski definition) is 5. The third-order valence-electron chi connectivity index (χ3n) is 3.10. The molecule has 0 aromatic carbocycles. The van der Waals surface area contributed by atoms with Crippen molar-refractivity contribution in [3.63, 3.8) is 0 Å². The molecule has 0 saturated carbocycles. The molecule has 2 unspecified atom stereocenters. The predicted octanol–water partition coefficient (Wildman–Crippen LogP) is 1.88. The van der Waals surface area contributed by atoms with E-state index in [-0.39, 0.29) is 12.1 Å². The zero-order chi connectivity index (χ0) is 13.5. The van der Waals surface area contributed by atoms with Gasteiger partial charge in [0.15, 0.2) is 0 Å². The molecule has 0 radical (unpaired) electrons. The Morgan fingerprint density at radius 3 is 3.00 bits per heavy atom. The van der Waals surface area contributed by atoms with E-state index in [1.54, 1.807) is 7.11 Å². The summed E-state index contributed by atoms with van der Waals surface area (Å²) in [4.78, 5) is 0. The van der Waals surface area contributed by atoms with E-state index in [9.17, 15) is 0 Å². The van der Waals surface area contributed by atoms with Crippen LogP contribution in [-0.4, -0.2) is 39.6 Å². The fourth-order valence-electron chi connectivity index (χ4n) is 2.20. The smallest absolute Gasteiger partial charge is 0.129 e. The van der Waals surface area contributed by atoms with Gasteiger partial charge in [-0.2, -0.15) is 0 Å². The summed E-state index contributed by atoms with van der Waals surface area (Å²) in [6.07, 6.45) is 1.07. The van der Waals surface area contributed by atoms with Crippen molar-refractivity contribution in [1.29, 1.82) is 0 Å². The Kier molecular flexibility index (Phi) is 5.85. The topological polar surface area (TPSA) is 52.9 Å². The van der Waals surface area contributed by atoms with Crippen LogP contribution in [0.5, 0.6) is 0 Å². The van der Waals surface area contributed by atoms with Gasteiger partial charge in [-0.15, -0.1) is 0 Å². The highest BCUT2D eigenvalue weighted by atomic mass is 16.6. The number of hydrogen-bond donors (Lipinski definition) is 1. The Morgan fingerprint density at radius 2 is 2.32 bits per heavy atom. The zero-order valence-corrected chi connectivity index (χ0v) is 11.7. The number of nitrogens with one attached hydrogen (secondary N) is 1. The van der Waals surface area contributed by atoms with Crippen molar-refractivity contribution in [2.75, 3.05) is 33.5 Å². The monoisotopic (exact) mass is 269 g/mol. The molecule has 2 atom stereocenters. The molecule has 2 rings (SSSR count). The fourth-order valence-corrected chi connectivity index (χ4v) is 2.20. The van der Waals surface area contributed by atoms with Gasteiger partial charge in [-0.1, -0.05) is 6.92 Å². The molecule has 0 spiro atoms. The Balaban J connectivity index is 2.05. The van der Waals surface area contributed by atoms with Crippen LogP contribution in [-0.2, 0) is 20.8 Å². The quantitative estimate of drug-likeness (QED) is 0.819. The van der Waals surface area contributed by atoms with Crippen LogP contribution in [0.4, 0.5) is 0 Å². The van der Waals surface area contributed by atoms with Crippen LogP contribution in [0.25, 0.3) is 0 Å². The Hall–Kier alpha value is -0.880. The van der Waals surface area contributed by atoms with Crippen molar-refractivity contribution in [1.82, 2.24) is 5.32 Å². The molecule has 0 bridgehead atoms. The second-order valence-electron chi connectivity index (χ2n) is 4.65. The van der Waals surface area contributed by atoms with E-state index >= 15 is 0 Å². The van der Waals surface area contributed by atoms with E-state index in [0.717, 1.165) is 24.5 Å². The van der Waals surface area contributed by atoms with Crippen LogP contribution < -0.4 is 5.32 Å². The van der Waals surface area contributed by atoms with E-state index < -0.39 is 0 Å². The molecule has 1 aliphatic heterocycles. The molecule has 108 valence electrons. The minimum absolute atomic E-state index is 0.00171. The number of furan rings is 1. The SMILES string of the molecule is CCCNC(c1ccc(COC)o1)C1COCCO1. The van der Waals surface area contributed by atoms with Gasteiger partial charge >= 0.3 is 0 Å². The molecule has 1 fully saturated rings. The Morgan fingerprint density at radius 1 is 1.42 bits per heavy atom. The van der Waals surface area contributed by atoms with E-state index in [2.05, 4.69) is 12.2 Å². The summed E-state index contributed by atoms with van der Waals surface area (Å²) in [6.45, 7) is 5.46. The lowest BCUT2D eigenvalue weighted by Crippen LogP contribution is -2.40. The Labute approximate surface area is 114 Å². The molecule has 5 nitrogen and oxygen atoms in total. The average Bonchev–Trinajstić information content (AvgIpc) is 2.89. The zero-order valence-electron chi connectivity index (χ0n) is 11.7. The third kappa shape index (κ3) is 4.04. The molecule has 0 aliphatic carbocycles. The molecule has 1 saturated heterocycles. The van der Waals surface area contributed by atoms with Gasteiger partial charge in [0.2, 0.25) is 0 Å². The van der Waals surface area contributed by atoms with Crippen molar-refractivity contribution in [2.45, 2.75) is 32.1 Å². The summed E-state index contributed by atoms with van der Waals surface area (Å²) in [6, 6.07) is 3.97. The molecule has 1 aromatic rings. The van der Waals surface area contributed by atoms with Crippen molar-refractivity contribution in [2.24, 2.45) is 0 Å². The first-order valence-corrected chi connectivity index (χ1v) is 6.85. The largest absolute Gasteiger partial charge is 0.462 e. The second-order valence-corrected chi connectivity index (χ2v) is 4.65. The van der Waals surface area contributed by atoms with Crippen molar-refractivity contribution in [3.05, 3.63) is 23.7 Å². The summed E-state index contributed by atoms with van der Waals surface area (Å²) in [7, 11) is 1.66. The maximum Gasteiger partial charge on any atom is 0.129 e. The lowest BCUT2D eigenvalue weighted by atomic mass is 10.1. The summed E-state index contributed by atoms with van der Waals surface area (Å²) < 4.78 is 22.2. The molecule has 1 aliphatic rings. The van der Waals surface area contributed by atoms with Gasteiger partial charge in [0.05, 0.1) is 25.9 Å². The van der Waals surface area contributed by atoms with Gasteiger partial charge in [-0.3, -0.25) is 0 Å². The van der Waals surface area contributed by atoms with Gasteiger partial charge in [0.1, 0.15) is 24.2 Å². The van der Waals surface area contributed by atoms with E-state index in [0.29, 0.717) is 26.4 Å². The van der Waals surface area contributed by atoms with Crippen LogP contribution in [0.3, 0.4) is 0 Å². The summed E-state index contributed by atoms with van der Waals surface area (Å²) in [5.74, 6) is 1.72. The van der Waals surface area contributed by atoms with Gasteiger partial charge in [0.25, 0.3) is 0 Å². The molecule has 2 heterocycles. The number of methoxy groups -OCH3 is 1. The minimum atomic E-state index is 0.00171. The predicted molar refractivity (Wildman–Crippen MR) is 71.0 cm³/mol. The lowest BCUT2D eigenvalue weighted by Gasteiger charge is -2.30. The van der Waals surface area contributed by atoms with Gasteiger partial charge in [-0.05, 0) is 25.1 Å². The second kappa shape index (κ2) is 7.65. The van der Waals surface area contributed by atoms with Crippen molar-refractivity contribution >= 4 is 0 Å². The first kappa shape index (κ1) is 14.5. The highest BCUT2D eigenvalue weighted by Gasteiger charge is 2.28. The maximum absolute atomic E-state index is 5.81. The first-order chi connectivity index (χ1) is 9.35. The molecule has 5 heteroatoms. The van der Waals surface area contributed by atoms with Crippen LogP contribution >= 0.6 is 0 Å². The van der Waals surface area contributed by atoms with Crippen molar-refractivity contribution in [3.8, 4) is 0 Å². The van der Waals surface area contributed by atoms with Crippen LogP contribution in [0.2, 0.25) is 0 Å². The molecule has 1 N–H and O–H groups in total. The summed E-state index contributed by atoms with van der Waals surface area (Å²) in [5.41, 5.74) is 0.